The van der Waals surface area contributed by atoms with Crippen molar-refractivity contribution in [3.63, 3.8) is 0 Å². The fraction of sp³-hybridized carbons (Fsp3) is 0.500. The van der Waals surface area contributed by atoms with Crippen LogP contribution in [0, 0.1) is 26.7 Å². The van der Waals surface area contributed by atoms with Crippen molar-refractivity contribution in [1.82, 2.24) is 4.81 Å². The summed E-state index contributed by atoms with van der Waals surface area (Å²) < 4.78 is 38.1. The Balaban J connectivity index is 0.000000505. The first kappa shape index (κ1) is 29.5. The van der Waals surface area contributed by atoms with Gasteiger partial charge in [0, 0.05) is 18.4 Å². The van der Waals surface area contributed by atoms with Crippen molar-refractivity contribution in [3.05, 3.63) is 64.2 Å². The summed E-state index contributed by atoms with van der Waals surface area (Å²) in [6, 6.07) is 12.8. The second-order valence-electron chi connectivity index (χ2n) is 10.3. The number of carbonyl (C=O) groups is 2. The third kappa shape index (κ3) is 7.31. The number of benzene rings is 2. The number of carbonyl (C=O) groups excluding carboxylic acids is 1. The molecule has 10 heteroatoms. The highest BCUT2D eigenvalue weighted by Gasteiger charge is 2.43. The van der Waals surface area contributed by atoms with Gasteiger partial charge in [0.1, 0.15) is 5.75 Å². The van der Waals surface area contributed by atoms with E-state index in [2.05, 4.69) is 57.2 Å². The molecule has 2 atom stereocenters. The molecule has 1 aliphatic carbocycles. The number of hydrogen-bond acceptors (Lipinski definition) is 4. The molecule has 0 spiro atoms. The van der Waals surface area contributed by atoms with Gasteiger partial charge in [-0.25, -0.2) is 4.79 Å². The first-order valence-corrected chi connectivity index (χ1v) is 12.9. The SMILES string of the molecule is CB(O)N1CC(c2ccc(C)c(OC3CCCC3)c2)C(Cc2ccc(C)c(C)c2)C1=O.O=C(O)C(F)(F)F. The first-order valence-electron chi connectivity index (χ1n) is 12.9. The standard InChI is InChI=1S/C26H34BNO3.C2HF3O2/c1-17-9-11-20(13-19(17)3)14-23-24(16-28(26(23)29)27(4)30)21-12-10-18(2)25(15-21)31-22-7-5-6-8-22;3-2(4,5)1(6)7/h9-13,15,22-24,30H,5-8,14,16H2,1-4H3;(H,6,7). The van der Waals surface area contributed by atoms with Gasteiger partial charge in [0.05, 0.1) is 6.10 Å². The zero-order valence-corrected chi connectivity index (χ0v) is 22.2. The summed E-state index contributed by atoms with van der Waals surface area (Å²) in [6.07, 6.45) is 0.622. The molecule has 4 rings (SSSR count). The van der Waals surface area contributed by atoms with Gasteiger partial charge in [0.25, 0.3) is 0 Å². The van der Waals surface area contributed by atoms with E-state index in [0.717, 1.165) is 29.7 Å². The Labute approximate surface area is 221 Å². The quantitative estimate of drug-likeness (QED) is 0.482. The largest absolute Gasteiger partial charge is 0.490 e. The zero-order chi connectivity index (χ0) is 28.2. The van der Waals surface area contributed by atoms with Crippen LogP contribution in [0.2, 0.25) is 6.82 Å². The maximum atomic E-state index is 13.3. The molecule has 1 aliphatic heterocycles. The Morgan fingerprint density at radius 1 is 1.05 bits per heavy atom. The number of rotatable bonds is 6. The number of carboxylic acid groups (broad SMARTS) is 1. The van der Waals surface area contributed by atoms with Crippen LogP contribution in [0.3, 0.4) is 0 Å². The van der Waals surface area contributed by atoms with Crippen molar-refractivity contribution in [2.75, 3.05) is 6.54 Å². The lowest BCUT2D eigenvalue weighted by Crippen LogP contribution is -2.39. The van der Waals surface area contributed by atoms with E-state index in [0.29, 0.717) is 19.1 Å². The average Bonchev–Trinajstić information content (AvgIpc) is 3.46. The molecule has 2 unspecified atom stereocenters. The average molecular weight is 533 g/mol. The molecule has 6 nitrogen and oxygen atoms in total. The number of alkyl halides is 3. The van der Waals surface area contributed by atoms with Gasteiger partial charge in [0.15, 0.2) is 0 Å². The molecule has 1 saturated heterocycles. The number of hydrogen-bond donors (Lipinski definition) is 2. The van der Waals surface area contributed by atoms with Crippen LogP contribution in [-0.2, 0) is 16.0 Å². The van der Waals surface area contributed by atoms with Crippen LogP contribution in [0.25, 0.3) is 0 Å². The second-order valence-corrected chi connectivity index (χ2v) is 10.3. The van der Waals surface area contributed by atoms with E-state index >= 15 is 0 Å². The molecule has 0 bridgehead atoms. The molecule has 2 aromatic carbocycles. The molecular weight excluding hydrogens is 498 g/mol. The van der Waals surface area contributed by atoms with Crippen LogP contribution < -0.4 is 4.74 Å². The summed E-state index contributed by atoms with van der Waals surface area (Å²) >= 11 is 0. The Hall–Kier alpha value is -3.01. The number of halogens is 3. The summed E-state index contributed by atoms with van der Waals surface area (Å²) in [7, 11) is -0.778. The van der Waals surface area contributed by atoms with Crippen LogP contribution in [0.4, 0.5) is 13.2 Å². The number of nitrogens with zero attached hydrogens (tertiary/aromatic N) is 1. The lowest BCUT2D eigenvalue weighted by Gasteiger charge is -2.21. The Morgan fingerprint density at radius 2 is 1.66 bits per heavy atom. The van der Waals surface area contributed by atoms with E-state index in [4.69, 9.17) is 14.6 Å². The van der Waals surface area contributed by atoms with Crippen LogP contribution >= 0.6 is 0 Å². The summed E-state index contributed by atoms with van der Waals surface area (Å²) in [4.78, 5) is 23.8. The topological polar surface area (TPSA) is 87.1 Å². The van der Waals surface area contributed by atoms with Crippen molar-refractivity contribution in [3.8, 4) is 5.75 Å². The lowest BCUT2D eigenvalue weighted by atomic mass is 9.83. The van der Waals surface area contributed by atoms with Crippen molar-refractivity contribution in [2.45, 2.75) is 77.9 Å². The third-order valence-corrected chi connectivity index (χ3v) is 7.44. The lowest BCUT2D eigenvalue weighted by molar-refractivity contribution is -0.192. The Morgan fingerprint density at radius 3 is 2.21 bits per heavy atom. The smallest absolute Gasteiger partial charge is 0.490 e. The van der Waals surface area contributed by atoms with Crippen LogP contribution in [-0.4, -0.2) is 52.7 Å². The van der Waals surface area contributed by atoms with Gasteiger partial charge >= 0.3 is 19.2 Å². The van der Waals surface area contributed by atoms with Crippen LogP contribution in [0.5, 0.6) is 5.75 Å². The highest BCUT2D eigenvalue weighted by atomic mass is 19.4. The molecule has 1 amide bonds. The molecule has 1 heterocycles. The Kier molecular flexibility index (Phi) is 9.52. The van der Waals surface area contributed by atoms with E-state index < -0.39 is 19.2 Å². The fourth-order valence-corrected chi connectivity index (χ4v) is 5.06. The highest BCUT2D eigenvalue weighted by molar-refractivity contribution is 6.49. The molecule has 2 aromatic rings. The monoisotopic (exact) mass is 533 g/mol. The fourth-order valence-electron chi connectivity index (χ4n) is 5.06. The molecule has 2 aliphatic rings. The number of carboxylic acids is 1. The van der Waals surface area contributed by atoms with E-state index in [9.17, 15) is 23.0 Å². The van der Waals surface area contributed by atoms with Gasteiger partial charge in [0.2, 0.25) is 5.91 Å². The van der Waals surface area contributed by atoms with Gasteiger partial charge in [-0.3, -0.25) is 4.79 Å². The minimum Gasteiger partial charge on any atom is -0.490 e. The maximum absolute atomic E-state index is 13.3. The van der Waals surface area contributed by atoms with E-state index in [1.54, 1.807) is 11.6 Å². The van der Waals surface area contributed by atoms with Crippen molar-refractivity contribution in [1.29, 1.82) is 0 Å². The second kappa shape index (κ2) is 12.2. The van der Waals surface area contributed by atoms with Crippen molar-refractivity contribution < 1.29 is 37.6 Å². The van der Waals surface area contributed by atoms with Crippen LogP contribution in [0.15, 0.2) is 36.4 Å². The summed E-state index contributed by atoms with van der Waals surface area (Å²) in [6.45, 7) is 8.52. The minimum atomic E-state index is -5.08. The number of aryl methyl sites for hydroxylation is 3. The number of aliphatic carboxylic acids is 1. The molecule has 1 saturated carbocycles. The van der Waals surface area contributed by atoms with Crippen molar-refractivity contribution in [2.24, 2.45) is 5.92 Å². The van der Waals surface area contributed by atoms with Crippen molar-refractivity contribution >= 4 is 18.9 Å². The highest BCUT2D eigenvalue weighted by Crippen LogP contribution is 2.39. The molecule has 2 N–H and O–H groups in total. The normalized spacial score (nSPS) is 19.8. The zero-order valence-electron chi connectivity index (χ0n) is 22.2. The van der Waals surface area contributed by atoms with E-state index in [-0.39, 0.29) is 17.7 Å². The van der Waals surface area contributed by atoms with E-state index in [1.165, 1.54) is 29.5 Å². The summed E-state index contributed by atoms with van der Waals surface area (Å²) in [5.74, 6) is -1.92. The Bertz CT molecular complexity index is 1150. The first-order chi connectivity index (χ1) is 17.8. The number of amides is 1. The molecule has 2 fully saturated rings. The summed E-state index contributed by atoms with van der Waals surface area (Å²) in [5.41, 5.74) is 5.95. The van der Waals surface area contributed by atoms with Gasteiger partial charge < -0.3 is 19.7 Å². The van der Waals surface area contributed by atoms with Gasteiger partial charge in [-0.15, -0.1) is 0 Å². The third-order valence-electron chi connectivity index (χ3n) is 7.44. The minimum absolute atomic E-state index is 0.0373. The van der Waals surface area contributed by atoms with E-state index in [1.807, 2.05) is 0 Å². The number of ether oxygens (including phenoxy) is 1. The van der Waals surface area contributed by atoms with Gasteiger partial charge in [-0.05, 0) is 93.6 Å². The maximum Gasteiger partial charge on any atom is 0.490 e. The molecule has 206 valence electrons. The molecule has 38 heavy (non-hydrogen) atoms. The summed E-state index contributed by atoms with van der Waals surface area (Å²) in [5, 5.41) is 17.3. The van der Waals surface area contributed by atoms with Crippen LogP contribution in [0.1, 0.15) is 59.4 Å². The molecular formula is C28H35BF3NO5. The predicted molar refractivity (Wildman–Crippen MR) is 139 cm³/mol. The predicted octanol–water partition coefficient (Wildman–Crippen LogP) is 5.46. The molecule has 0 aromatic heterocycles. The van der Waals surface area contributed by atoms with Gasteiger partial charge in [-0.1, -0.05) is 30.3 Å². The van der Waals surface area contributed by atoms with Gasteiger partial charge in [-0.2, -0.15) is 13.2 Å². The molecule has 0 radical (unpaired) electrons.